The lowest BCUT2D eigenvalue weighted by Gasteiger charge is -2.27. The van der Waals surface area contributed by atoms with Gasteiger partial charge in [-0.2, -0.15) is 14.9 Å². The zero-order chi connectivity index (χ0) is 24.8. The molecule has 0 saturated heterocycles. The number of methoxy groups -OCH3 is 1. The maximum absolute atomic E-state index is 9.20. The molecule has 2 aromatic carbocycles. The molecule has 0 spiro atoms. The van der Waals surface area contributed by atoms with Crippen molar-refractivity contribution in [3.05, 3.63) is 75.6 Å². The summed E-state index contributed by atoms with van der Waals surface area (Å²) in [5, 5.41) is 14.8. The molecule has 6 rings (SSSR count). The lowest BCUT2D eigenvalue weighted by Crippen LogP contribution is -2.29. The van der Waals surface area contributed by atoms with E-state index in [1.165, 1.54) is 12.8 Å². The Morgan fingerprint density at radius 1 is 1.19 bits per heavy atom. The summed E-state index contributed by atoms with van der Waals surface area (Å²) in [5.41, 5.74) is 7.29. The Morgan fingerprint density at radius 2 is 1.97 bits per heavy atom. The number of benzene rings is 2. The normalized spacial score (nSPS) is 14.2. The van der Waals surface area contributed by atoms with Crippen molar-refractivity contribution in [1.82, 2.24) is 14.6 Å². The predicted octanol–water partition coefficient (Wildman–Crippen LogP) is 6.11. The van der Waals surface area contributed by atoms with Crippen LogP contribution in [0, 0.1) is 24.2 Å². The van der Waals surface area contributed by atoms with Gasteiger partial charge in [0.25, 0.3) is 0 Å². The van der Waals surface area contributed by atoms with Crippen LogP contribution < -0.4 is 9.64 Å². The molecule has 190 valence electrons. The van der Waals surface area contributed by atoms with Crippen LogP contribution in [0.5, 0.6) is 5.75 Å². The summed E-state index contributed by atoms with van der Waals surface area (Å²) in [5.74, 6) is 2.40. The summed E-state index contributed by atoms with van der Waals surface area (Å²) in [6, 6.07) is 15.7. The number of aromatic nitrogens is 3. The number of aryl methyl sites for hydroxylation is 1. The number of hydrogen-bond donors (Lipinski definition) is 0. The molecule has 1 fully saturated rings. The van der Waals surface area contributed by atoms with E-state index in [0.717, 1.165) is 51.7 Å². The minimum absolute atomic E-state index is 0. The van der Waals surface area contributed by atoms with Crippen molar-refractivity contribution in [3.63, 3.8) is 0 Å². The van der Waals surface area contributed by atoms with Crippen LogP contribution >= 0.6 is 24.0 Å². The van der Waals surface area contributed by atoms with E-state index in [0.29, 0.717) is 42.0 Å². The van der Waals surface area contributed by atoms with Crippen LogP contribution in [-0.4, -0.2) is 28.3 Å². The molecule has 0 N–H and O–H groups in total. The first kappa shape index (κ1) is 25.3. The molecule has 1 aliphatic carbocycles. The first-order valence-corrected chi connectivity index (χ1v) is 12.5. The first-order valence-electron chi connectivity index (χ1n) is 12.1. The molecule has 0 bridgehead atoms. The molecule has 0 unspecified atom stereocenters. The lowest BCUT2D eigenvalue weighted by molar-refractivity contribution is 0.133. The van der Waals surface area contributed by atoms with Gasteiger partial charge in [-0.1, -0.05) is 23.7 Å². The molecule has 3 heterocycles. The van der Waals surface area contributed by atoms with Crippen molar-refractivity contribution in [2.75, 3.05) is 18.6 Å². The first-order chi connectivity index (χ1) is 17.6. The Labute approximate surface area is 227 Å². The molecule has 0 amide bonds. The van der Waals surface area contributed by atoms with Gasteiger partial charge in [0.1, 0.15) is 11.6 Å². The SMILES string of the molecule is COc1ccc(-c2c(C)nn3c(N(Cc4ccc(C#N)cc4)CC4CC4)c4c(nc23)COC4)c(Cl)c1.Cl. The number of rotatable bonds is 7. The third kappa shape index (κ3) is 4.73. The van der Waals surface area contributed by atoms with E-state index in [-0.39, 0.29) is 12.4 Å². The van der Waals surface area contributed by atoms with E-state index in [4.69, 9.17) is 31.2 Å². The molecule has 9 heteroatoms. The summed E-state index contributed by atoms with van der Waals surface area (Å²) >= 11 is 6.70. The standard InChI is InChI=1S/C28H26ClN5O2.ClH/c1-17-26(22-10-9-21(35-2)11-24(22)29)27-31-25-16-36-15-23(25)28(34(27)32-17)33(14-20-7-8-20)13-19-5-3-18(12-30)4-6-19;/h3-6,9-11,20H,7-8,13-16H2,1-2H3;1H. The minimum Gasteiger partial charge on any atom is -0.497 e. The summed E-state index contributed by atoms with van der Waals surface area (Å²) in [6.45, 7) is 4.64. The van der Waals surface area contributed by atoms with Gasteiger partial charge in [-0.25, -0.2) is 4.98 Å². The van der Waals surface area contributed by atoms with Gasteiger partial charge in [0, 0.05) is 24.2 Å². The van der Waals surface area contributed by atoms with Crippen LogP contribution in [0.15, 0.2) is 42.5 Å². The predicted molar refractivity (Wildman–Crippen MR) is 145 cm³/mol. The van der Waals surface area contributed by atoms with Gasteiger partial charge in [0.2, 0.25) is 0 Å². The second-order valence-electron chi connectivity index (χ2n) is 9.53. The van der Waals surface area contributed by atoms with Gasteiger partial charge in [-0.3, -0.25) is 0 Å². The van der Waals surface area contributed by atoms with Gasteiger partial charge >= 0.3 is 0 Å². The molecule has 37 heavy (non-hydrogen) atoms. The molecule has 4 aromatic rings. The molecule has 0 atom stereocenters. The largest absolute Gasteiger partial charge is 0.497 e. The van der Waals surface area contributed by atoms with Crippen molar-refractivity contribution >= 4 is 35.5 Å². The van der Waals surface area contributed by atoms with E-state index in [2.05, 4.69) is 11.0 Å². The average Bonchev–Trinajstić information content (AvgIpc) is 3.48. The number of hydrogen-bond acceptors (Lipinski definition) is 6. The second kappa shape index (κ2) is 10.2. The number of fused-ring (bicyclic) bond motifs is 2. The van der Waals surface area contributed by atoms with E-state index >= 15 is 0 Å². The Bertz CT molecular complexity index is 1510. The van der Waals surface area contributed by atoms with Crippen LogP contribution in [-0.2, 0) is 24.5 Å². The number of nitriles is 1. The van der Waals surface area contributed by atoms with Crippen LogP contribution in [0.3, 0.4) is 0 Å². The van der Waals surface area contributed by atoms with E-state index < -0.39 is 0 Å². The fourth-order valence-corrected chi connectivity index (χ4v) is 5.21. The Balaban J connectivity index is 0.00000280. The quantitative estimate of drug-likeness (QED) is 0.284. The highest BCUT2D eigenvalue weighted by Gasteiger charge is 2.31. The van der Waals surface area contributed by atoms with Crippen molar-refractivity contribution in [2.45, 2.75) is 39.5 Å². The number of anilines is 1. The van der Waals surface area contributed by atoms with Gasteiger partial charge in [-0.05, 0) is 61.6 Å². The molecule has 1 aliphatic heterocycles. The second-order valence-corrected chi connectivity index (χ2v) is 9.93. The molecule has 2 aromatic heterocycles. The maximum atomic E-state index is 9.20. The minimum atomic E-state index is 0. The van der Waals surface area contributed by atoms with Crippen LogP contribution in [0.1, 0.15) is 40.9 Å². The third-order valence-electron chi connectivity index (χ3n) is 6.96. The van der Waals surface area contributed by atoms with Gasteiger partial charge in [-0.15, -0.1) is 12.4 Å². The Kier molecular flexibility index (Phi) is 7.00. The third-order valence-corrected chi connectivity index (χ3v) is 7.27. The summed E-state index contributed by atoms with van der Waals surface area (Å²) in [4.78, 5) is 7.44. The molecule has 2 aliphatic rings. The monoisotopic (exact) mass is 535 g/mol. The van der Waals surface area contributed by atoms with E-state index in [1.807, 2.05) is 53.9 Å². The fourth-order valence-electron chi connectivity index (χ4n) is 4.94. The summed E-state index contributed by atoms with van der Waals surface area (Å²) in [7, 11) is 1.63. The number of halogens is 2. The maximum Gasteiger partial charge on any atom is 0.165 e. The van der Waals surface area contributed by atoms with Crippen LogP contribution in [0.2, 0.25) is 5.02 Å². The average molecular weight is 536 g/mol. The van der Waals surface area contributed by atoms with E-state index in [9.17, 15) is 5.26 Å². The lowest BCUT2D eigenvalue weighted by atomic mass is 10.1. The fraction of sp³-hybridized carbons (Fsp3) is 0.321. The highest BCUT2D eigenvalue weighted by molar-refractivity contribution is 6.33. The topological polar surface area (TPSA) is 75.7 Å². The molecule has 7 nitrogen and oxygen atoms in total. The van der Waals surface area contributed by atoms with Crippen molar-refractivity contribution in [1.29, 1.82) is 5.26 Å². The van der Waals surface area contributed by atoms with Crippen molar-refractivity contribution < 1.29 is 9.47 Å². The molecular formula is C28H27Cl2N5O2. The highest BCUT2D eigenvalue weighted by atomic mass is 35.5. The van der Waals surface area contributed by atoms with Crippen molar-refractivity contribution in [3.8, 4) is 22.9 Å². The van der Waals surface area contributed by atoms with E-state index in [1.54, 1.807) is 7.11 Å². The van der Waals surface area contributed by atoms with Crippen LogP contribution in [0.25, 0.3) is 16.8 Å². The van der Waals surface area contributed by atoms with Crippen molar-refractivity contribution in [2.24, 2.45) is 5.92 Å². The Morgan fingerprint density at radius 3 is 2.65 bits per heavy atom. The highest BCUT2D eigenvalue weighted by Crippen LogP contribution is 2.40. The van der Waals surface area contributed by atoms with Crippen LogP contribution in [0.4, 0.5) is 5.82 Å². The van der Waals surface area contributed by atoms with Gasteiger partial charge in [0.05, 0.1) is 53.9 Å². The Hall–Kier alpha value is -3.31. The molecule has 1 saturated carbocycles. The zero-order valence-electron chi connectivity index (χ0n) is 20.7. The smallest absolute Gasteiger partial charge is 0.165 e. The summed E-state index contributed by atoms with van der Waals surface area (Å²) in [6.07, 6.45) is 2.48. The zero-order valence-corrected chi connectivity index (χ0v) is 22.3. The molecule has 0 radical (unpaired) electrons. The van der Waals surface area contributed by atoms with Gasteiger partial charge < -0.3 is 14.4 Å². The summed E-state index contributed by atoms with van der Waals surface area (Å²) < 4.78 is 13.2. The number of ether oxygens (including phenoxy) is 2. The number of nitrogens with zero attached hydrogens (tertiary/aromatic N) is 5. The van der Waals surface area contributed by atoms with Gasteiger partial charge in [0.15, 0.2) is 5.65 Å². The molecular weight excluding hydrogens is 509 g/mol.